The van der Waals surface area contributed by atoms with Gasteiger partial charge in [-0.25, -0.2) is 0 Å². The maximum Gasteiger partial charge on any atom is 0.131 e. The van der Waals surface area contributed by atoms with E-state index in [1.54, 1.807) is 6.08 Å². The zero-order valence-electron chi connectivity index (χ0n) is 12.2. The predicted octanol–water partition coefficient (Wildman–Crippen LogP) is 3.78. The third kappa shape index (κ3) is 2.83. The summed E-state index contributed by atoms with van der Waals surface area (Å²) in [4.78, 5) is 2.61. The van der Waals surface area contributed by atoms with E-state index in [1.165, 1.54) is 11.3 Å². The summed E-state index contributed by atoms with van der Waals surface area (Å²) in [6.07, 6.45) is 1.54. The van der Waals surface area contributed by atoms with Crippen LogP contribution in [0.4, 0.5) is 5.00 Å². The highest BCUT2D eigenvalue weighted by molar-refractivity contribution is 7.17. The van der Waals surface area contributed by atoms with Crippen LogP contribution in [0.15, 0.2) is 35.9 Å². The first-order chi connectivity index (χ1) is 10.6. The standard InChI is InChI=1S/C17H12N4S/c1-21(2)17-14(11-20)16(13-6-4-3-5-7-13)15(22-17)8-12(9-18)10-19/h3-8H,1-2H3. The van der Waals surface area contributed by atoms with Crippen LogP contribution in [-0.2, 0) is 0 Å². The minimum atomic E-state index is 0.0215. The number of rotatable bonds is 3. The molecule has 1 heterocycles. The van der Waals surface area contributed by atoms with Crippen LogP contribution in [-0.4, -0.2) is 14.1 Å². The molecule has 0 saturated heterocycles. The van der Waals surface area contributed by atoms with Crippen molar-refractivity contribution >= 4 is 22.4 Å². The second-order valence-corrected chi connectivity index (χ2v) is 5.71. The second-order valence-electron chi connectivity index (χ2n) is 4.68. The fraction of sp³-hybridized carbons (Fsp3) is 0.118. The van der Waals surface area contributed by atoms with E-state index in [4.69, 9.17) is 10.5 Å². The minimum Gasteiger partial charge on any atom is -0.368 e. The van der Waals surface area contributed by atoms with Crippen LogP contribution < -0.4 is 4.90 Å². The van der Waals surface area contributed by atoms with Gasteiger partial charge in [-0.05, 0) is 11.6 Å². The molecular weight excluding hydrogens is 292 g/mol. The maximum absolute atomic E-state index is 9.55. The van der Waals surface area contributed by atoms with Gasteiger partial charge in [0.1, 0.15) is 28.8 Å². The molecule has 0 atom stereocenters. The number of hydrogen-bond acceptors (Lipinski definition) is 5. The van der Waals surface area contributed by atoms with Crippen molar-refractivity contribution in [1.29, 1.82) is 15.8 Å². The smallest absolute Gasteiger partial charge is 0.131 e. The Balaban J connectivity index is 2.80. The number of benzene rings is 1. The number of nitriles is 3. The number of allylic oxidation sites excluding steroid dienone is 1. The topological polar surface area (TPSA) is 74.6 Å². The molecule has 1 aromatic carbocycles. The van der Waals surface area contributed by atoms with Gasteiger partial charge in [0, 0.05) is 24.5 Å². The SMILES string of the molecule is CN(C)c1sc(C=C(C#N)C#N)c(-c2ccccc2)c1C#N. The Labute approximate surface area is 133 Å². The summed E-state index contributed by atoms with van der Waals surface area (Å²) in [6, 6.07) is 15.5. The maximum atomic E-state index is 9.55. The van der Waals surface area contributed by atoms with Crippen LogP contribution in [0, 0.1) is 34.0 Å². The van der Waals surface area contributed by atoms with E-state index in [0.29, 0.717) is 5.56 Å². The van der Waals surface area contributed by atoms with Gasteiger partial charge in [0.15, 0.2) is 0 Å². The Morgan fingerprint density at radius 1 is 1.09 bits per heavy atom. The highest BCUT2D eigenvalue weighted by Gasteiger charge is 2.20. The van der Waals surface area contributed by atoms with Gasteiger partial charge in [-0.2, -0.15) is 15.8 Å². The molecule has 22 heavy (non-hydrogen) atoms. The lowest BCUT2D eigenvalue weighted by Gasteiger charge is -2.09. The Hall–Kier alpha value is -3.07. The molecule has 0 radical (unpaired) electrons. The van der Waals surface area contributed by atoms with Crippen molar-refractivity contribution in [2.45, 2.75) is 0 Å². The molecule has 0 saturated carbocycles. The fourth-order valence-electron chi connectivity index (χ4n) is 2.07. The molecule has 2 aromatic rings. The molecule has 0 aliphatic rings. The van der Waals surface area contributed by atoms with Crippen molar-refractivity contribution < 1.29 is 0 Å². The van der Waals surface area contributed by atoms with Gasteiger partial charge >= 0.3 is 0 Å². The summed E-state index contributed by atoms with van der Waals surface area (Å²) in [5, 5.41) is 28.3. The normalized spacial score (nSPS) is 9.23. The molecule has 4 nitrogen and oxygen atoms in total. The molecule has 2 rings (SSSR count). The zero-order valence-corrected chi connectivity index (χ0v) is 13.0. The zero-order chi connectivity index (χ0) is 16.1. The van der Waals surface area contributed by atoms with Gasteiger partial charge < -0.3 is 4.90 Å². The molecule has 0 amide bonds. The quantitative estimate of drug-likeness (QED) is 0.809. The van der Waals surface area contributed by atoms with Crippen molar-refractivity contribution in [3.63, 3.8) is 0 Å². The highest BCUT2D eigenvalue weighted by Crippen LogP contribution is 2.42. The van der Waals surface area contributed by atoms with E-state index < -0.39 is 0 Å². The van der Waals surface area contributed by atoms with E-state index in [1.807, 2.05) is 61.5 Å². The molecule has 5 heteroatoms. The molecule has 0 aliphatic heterocycles. The van der Waals surface area contributed by atoms with Gasteiger partial charge in [0.25, 0.3) is 0 Å². The average molecular weight is 304 g/mol. The first-order valence-corrected chi connectivity index (χ1v) is 7.25. The molecule has 0 unspecified atom stereocenters. The molecular formula is C17H12N4S. The minimum absolute atomic E-state index is 0.0215. The molecule has 0 spiro atoms. The van der Waals surface area contributed by atoms with Gasteiger partial charge in [-0.1, -0.05) is 30.3 Å². The van der Waals surface area contributed by atoms with E-state index in [2.05, 4.69) is 6.07 Å². The van der Waals surface area contributed by atoms with Crippen molar-refractivity contribution in [1.82, 2.24) is 0 Å². The number of anilines is 1. The average Bonchev–Trinajstić information content (AvgIpc) is 2.91. The molecule has 0 fully saturated rings. The lowest BCUT2D eigenvalue weighted by molar-refractivity contribution is 1.15. The first kappa shape index (κ1) is 15.3. The number of nitrogens with zero attached hydrogens (tertiary/aromatic N) is 4. The molecule has 0 bridgehead atoms. The Bertz CT molecular complexity index is 824. The van der Waals surface area contributed by atoms with E-state index in [9.17, 15) is 5.26 Å². The number of hydrogen-bond donors (Lipinski definition) is 0. The summed E-state index contributed by atoms with van der Waals surface area (Å²) >= 11 is 1.40. The van der Waals surface area contributed by atoms with Crippen molar-refractivity contribution in [3.8, 4) is 29.3 Å². The van der Waals surface area contributed by atoms with Crippen molar-refractivity contribution in [3.05, 3.63) is 46.3 Å². The Morgan fingerprint density at radius 3 is 2.23 bits per heavy atom. The van der Waals surface area contributed by atoms with Crippen LogP contribution in [0.2, 0.25) is 0 Å². The van der Waals surface area contributed by atoms with Crippen molar-refractivity contribution in [2.75, 3.05) is 19.0 Å². The van der Waals surface area contributed by atoms with Crippen LogP contribution in [0.5, 0.6) is 0 Å². The predicted molar refractivity (Wildman–Crippen MR) is 88.0 cm³/mol. The fourth-order valence-corrected chi connectivity index (χ4v) is 3.21. The highest BCUT2D eigenvalue weighted by atomic mass is 32.1. The van der Waals surface area contributed by atoms with Gasteiger partial charge in [0.05, 0.1) is 5.56 Å². The third-order valence-corrected chi connectivity index (χ3v) is 4.32. The van der Waals surface area contributed by atoms with Crippen LogP contribution in [0.1, 0.15) is 10.4 Å². The molecule has 106 valence electrons. The lowest BCUT2D eigenvalue weighted by atomic mass is 10.0. The van der Waals surface area contributed by atoms with Crippen LogP contribution >= 0.6 is 11.3 Å². The third-order valence-electron chi connectivity index (χ3n) is 3.01. The first-order valence-electron chi connectivity index (χ1n) is 6.44. The number of thiophene rings is 1. The lowest BCUT2D eigenvalue weighted by Crippen LogP contribution is -2.07. The molecule has 0 N–H and O–H groups in total. The summed E-state index contributed by atoms with van der Waals surface area (Å²) in [5.41, 5.74) is 2.24. The summed E-state index contributed by atoms with van der Waals surface area (Å²) in [5.74, 6) is 0. The summed E-state index contributed by atoms with van der Waals surface area (Å²) < 4.78 is 0. The molecule has 0 aliphatic carbocycles. The summed E-state index contributed by atoms with van der Waals surface area (Å²) in [7, 11) is 3.73. The van der Waals surface area contributed by atoms with E-state index in [0.717, 1.165) is 21.0 Å². The van der Waals surface area contributed by atoms with Gasteiger partial charge in [-0.3, -0.25) is 0 Å². The summed E-state index contributed by atoms with van der Waals surface area (Å²) in [6.45, 7) is 0. The largest absolute Gasteiger partial charge is 0.368 e. The van der Waals surface area contributed by atoms with Crippen molar-refractivity contribution in [2.24, 2.45) is 0 Å². The van der Waals surface area contributed by atoms with Crippen LogP contribution in [0.3, 0.4) is 0 Å². The van der Waals surface area contributed by atoms with Gasteiger partial charge in [-0.15, -0.1) is 11.3 Å². The van der Waals surface area contributed by atoms with E-state index in [-0.39, 0.29) is 5.57 Å². The van der Waals surface area contributed by atoms with Crippen LogP contribution in [0.25, 0.3) is 17.2 Å². The Kier molecular flexibility index (Phi) is 4.59. The Morgan fingerprint density at radius 2 is 1.73 bits per heavy atom. The monoisotopic (exact) mass is 304 g/mol. The van der Waals surface area contributed by atoms with Gasteiger partial charge in [0.2, 0.25) is 0 Å². The molecule has 1 aromatic heterocycles. The second kappa shape index (κ2) is 6.59. The van der Waals surface area contributed by atoms with E-state index >= 15 is 0 Å².